The molecule has 0 fully saturated rings. The minimum absolute atomic E-state index is 0.254. The van der Waals surface area contributed by atoms with E-state index in [0.717, 1.165) is 12.1 Å². The highest BCUT2D eigenvalue weighted by molar-refractivity contribution is 5.48. The summed E-state index contributed by atoms with van der Waals surface area (Å²) in [5, 5.41) is 7.67. The van der Waals surface area contributed by atoms with Gasteiger partial charge in [0.2, 0.25) is 0 Å². The van der Waals surface area contributed by atoms with Crippen molar-refractivity contribution in [2.24, 2.45) is 10.2 Å². The van der Waals surface area contributed by atoms with Gasteiger partial charge in [-0.15, -0.1) is 0 Å². The Hall–Kier alpha value is -2.71. The molecule has 0 bridgehead atoms. The quantitative estimate of drug-likeness (QED) is 0.474. The normalized spacial score (nSPS) is 12.6. The number of alkyl halides is 5. The molecule has 2 N–H and O–H groups in total. The molecule has 0 unspecified atom stereocenters. The highest BCUT2D eigenvalue weighted by atomic mass is 19.4. The summed E-state index contributed by atoms with van der Waals surface area (Å²) in [6.45, 7) is 0. The Balaban J connectivity index is 2.06. The first-order valence-corrected chi connectivity index (χ1v) is 6.18. The Labute approximate surface area is 127 Å². The van der Waals surface area contributed by atoms with Crippen LogP contribution >= 0.6 is 0 Å². The van der Waals surface area contributed by atoms with Crippen LogP contribution in [0, 0.1) is 0 Å². The van der Waals surface area contributed by atoms with Crippen molar-refractivity contribution < 1.29 is 26.7 Å². The number of benzene rings is 2. The van der Waals surface area contributed by atoms with E-state index in [4.69, 9.17) is 5.73 Å². The van der Waals surface area contributed by atoms with Gasteiger partial charge in [0.1, 0.15) is 5.75 Å². The van der Waals surface area contributed by atoms with Gasteiger partial charge in [-0.3, -0.25) is 0 Å². The molecule has 4 nitrogen and oxygen atoms in total. The molecule has 0 aliphatic heterocycles. The summed E-state index contributed by atoms with van der Waals surface area (Å²) >= 11 is 0. The van der Waals surface area contributed by atoms with Gasteiger partial charge in [-0.2, -0.15) is 32.2 Å². The number of hydrogen-bond donors (Lipinski definition) is 1. The van der Waals surface area contributed by atoms with Crippen molar-refractivity contribution in [2.75, 3.05) is 5.73 Å². The summed E-state index contributed by atoms with van der Waals surface area (Å²) in [7, 11) is 0. The Morgan fingerprint density at radius 1 is 0.739 bits per heavy atom. The molecule has 0 saturated heterocycles. The monoisotopic (exact) mass is 331 g/mol. The maximum atomic E-state index is 12.7. The maximum absolute atomic E-state index is 12.7. The van der Waals surface area contributed by atoms with Gasteiger partial charge in [0, 0.05) is 5.69 Å². The second-order valence-corrected chi connectivity index (χ2v) is 4.40. The lowest BCUT2D eigenvalue weighted by atomic mass is 10.3. The van der Waals surface area contributed by atoms with E-state index in [1.807, 2.05) is 0 Å². The molecule has 0 aliphatic rings. The summed E-state index contributed by atoms with van der Waals surface area (Å²) in [6, 6.07) is 10.7. The van der Waals surface area contributed by atoms with Crippen molar-refractivity contribution in [2.45, 2.75) is 12.3 Å². The first-order chi connectivity index (χ1) is 10.7. The molecule has 2 rings (SSSR count). The number of halogens is 5. The van der Waals surface area contributed by atoms with E-state index in [2.05, 4.69) is 15.0 Å². The largest absolute Gasteiger partial charge is 0.499 e. The van der Waals surface area contributed by atoms with Crippen molar-refractivity contribution in [3.8, 4) is 5.75 Å². The molecule has 2 aromatic rings. The molecule has 23 heavy (non-hydrogen) atoms. The minimum Gasteiger partial charge on any atom is -0.426 e. The van der Waals surface area contributed by atoms with Gasteiger partial charge in [0.25, 0.3) is 0 Å². The summed E-state index contributed by atoms with van der Waals surface area (Å²) in [6.07, 6.45) is -11.1. The predicted octanol–water partition coefficient (Wildman–Crippen LogP) is 5.22. The molecule has 0 amide bonds. The first-order valence-electron chi connectivity index (χ1n) is 6.18. The Bertz CT molecular complexity index is 681. The van der Waals surface area contributed by atoms with Crippen LogP contribution in [0.3, 0.4) is 0 Å². The average molecular weight is 331 g/mol. The molecule has 0 aliphatic carbocycles. The second-order valence-electron chi connectivity index (χ2n) is 4.40. The highest BCUT2D eigenvalue weighted by Gasteiger charge is 2.61. The molecule has 2 aromatic carbocycles. The van der Waals surface area contributed by atoms with Crippen molar-refractivity contribution in [3.05, 3.63) is 48.5 Å². The van der Waals surface area contributed by atoms with E-state index < -0.39 is 18.0 Å². The summed E-state index contributed by atoms with van der Waals surface area (Å²) < 4.78 is 65.1. The number of hydrogen-bond acceptors (Lipinski definition) is 4. The number of rotatable bonds is 4. The lowest BCUT2D eigenvalue weighted by molar-refractivity contribution is -0.360. The number of anilines is 1. The van der Waals surface area contributed by atoms with Gasteiger partial charge < -0.3 is 10.5 Å². The van der Waals surface area contributed by atoms with E-state index in [0.29, 0.717) is 11.4 Å². The standard InChI is InChI=1S/C14H10F5N3O/c15-13(16,17)14(18,19)23-12-7-5-11(6-8-12)22-21-10-3-1-9(20)2-4-10/h1-8H,20H2/b22-21+. The molecule has 9 heteroatoms. The van der Waals surface area contributed by atoms with Crippen LogP contribution < -0.4 is 10.5 Å². The molecule has 0 spiro atoms. The van der Waals surface area contributed by atoms with Crippen LogP contribution in [0.1, 0.15) is 0 Å². The lowest BCUT2D eigenvalue weighted by Gasteiger charge is -2.19. The van der Waals surface area contributed by atoms with Crippen LogP contribution in [0.5, 0.6) is 5.75 Å². The van der Waals surface area contributed by atoms with Gasteiger partial charge in [-0.05, 0) is 48.5 Å². The third-order valence-electron chi connectivity index (χ3n) is 2.59. The van der Waals surface area contributed by atoms with Crippen LogP contribution in [0.25, 0.3) is 0 Å². The fourth-order valence-corrected chi connectivity index (χ4v) is 1.44. The van der Waals surface area contributed by atoms with Gasteiger partial charge >= 0.3 is 12.3 Å². The molecule has 122 valence electrons. The van der Waals surface area contributed by atoms with E-state index >= 15 is 0 Å². The minimum atomic E-state index is -5.79. The maximum Gasteiger partial charge on any atom is 0.499 e. The summed E-state index contributed by atoms with van der Waals surface area (Å²) in [5.41, 5.74) is 6.81. The van der Waals surface area contributed by atoms with Crippen molar-refractivity contribution in [1.82, 2.24) is 0 Å². The second kappa shape index (κ2) is 6.19. The molecule has 0 aromatic heterocycles. The topological polar surface area (TPSA) is 60.0 Å². The van der Waals surface area contributed by atoms with Gasteiger partial charge in [0.05, 0.1) is 11.4 Å². The average Bonchev–Trinajstić information content (AvgIpc) is 2.47. The molecule has 0 heterocycles. The third kappa shape index (κ3) is 4.38. The third-order valence-corrected chi connectivity index (χ3v) is 2.59. The SMILES string of the molecule is Nc1ccc(/N=N/c2ccc(OC(F)(F)C(F)(F)F)cc2)cc1. The highest BCUT2D eigenvalue weighted by Crippen LogP contribution is 2.37. The van der Waals surface area contributed by atoms with E-state index in [-0.39, 0.29) is 5.69 Å². The van der Waals surface area contributed by atoms with Crippen molar-refractivity contribution >= 4 is 17.1 Å². The Morgan fingerprint density at radius 2 is 1.17 bits per heavy atom. The molecule has 0 atom stereocenters. The van der Waals surface area contributed by atoms with Crippen LogP contribution in [0.15, 0.2) is 58.8 Å². The lowest BCUT2D eigenvalue weighted by Crippen LogP contribution is -2.41. The molecule has 0 saturated carbocycles. The van der Waals surface area contributed by atoms with E-state index in [9.17, 15) is 22.0 Å². The smallest absolute Gasteiger partial charge is 0.426 e. The zero-order valence-corrected chi connectivity index (χ0v) is 11.4. The Kier molecular flexibility index (Phi) is 4.48. The predicted molar refractivity (Wildman–Crippen MR) is 73.1 cm³/mol. The fraction of sp³-hybridized carbons (Fsp3) is 0.143. The van der Waals surface area contributed by atoms with Crippen LogP contribution in [0.4, 0.5) is 39.0 Å². The van der Waals surface area contributed by atoms with Crippen molar-refractivity contribution in [1.29, 1.82) is 0 Å². The number of nitrogens with zero attached hydrogens (tertiary/aromatic N) is 2. The van der Waals surface area contributed by atoms with Crippen LogP contribution in [-0.2, 0) is 0 Å². The first kappa shape index (κ1) is 16.7. The fourth-order valence-electron chi connectivity index (χ4n) is 1.44. The van der Waals surface area contributed by atoms with E-state index in [1.165, 1.54) is 12.1 Å². The number of nitrogens with two attached hydrogens (primary N) is 1. The summed E-state index contributed by atoms with van der Waals surface area (Å²) in [5.74, 6) is -0.640. The molecular formula is C14H10F5N3O. The molecule has 0 radical (unpaired) electrons. The summed E-state index contributed by atoms with van der Waals surface area (Å²) in [4.78, 5) is 0. The zero-order valence-electron chi connectivity index (χ0n) is 11.4. The van der Waals surface area contributed by atoms with Gasteiger partial charge in [0.15, 0.2) is 0 Å². The van der Waals surface area contributed by atoms with E-state index in [1.54, 1.807) is 24.3 Å². The zero-order chi connectivity index (χ0) is 17.1. The Morgan fingerprint density at radius 3 is 1.61 bits per heavy atom. The number of ether oxygens (including phenoxy) is 1. The van der Waals surface area contributed by atoms with Gasteiger partial charge in [-0.25, -0.2) is 0 Å². The van der Waals surface area contributed by atoms with Crippen LogP contribution in [-0.4, -0.2) is 12.3 Å². The molecular weight excluding hydrogens is 321 g/mol. The number of nitrogen functional groups attached to an aromatic ring is 1. The number of azo groups is 1. The van der Waals surface area contributed by atoms with Gasteiger partial charge in [-0.1, -0.05) is 0 Å². The van der Waals surface area contributed by atoms with Crippen LogP contribution in [0.2, 0.25) is 0 Å². The van der Waals surface area contributed by atoms with Crippen molar-refractivity contribution in [3.63, 3.8) is 0 Å².